The number of fused-ring (bicyclic) bond motifs is 1. The molecule has 2 aromatic heterocycles. The number of nitrogens with one attached hydrogen (secondary N) is 1. The Hall–Kier alpha value is -2.07. The van der Waals surface area contributed by atoms with Crippen molar-refractivity contribution in [3.63, 3.8) is 0 Å². The molecule has 0 aliphatic carbocycles. The van der Waals surface area contributed by atoms with Gasteiger partial charge in [-0.2, -0.15) is 0 Å². The Morgan fingerprint density at radius 2 is 2.18 bits per heavy atom. The lowest BCUT2D eigenvalue weighted by molar-refractivity contribution is 0.459. The molecule has 0 spiro atoms. The van der Waals surface area contributed by atoms with Crippen molar-refractivity contribution in [3.8, 4) is 11.3 Å². The molecule has 0 radical (unpaired) electrons. The zero-order chi connectivity index (χ0) is 11.8. The van der Waals surface area contributed by atoms with Gasteiger partial charge < -0.3 is 9.51 Å². The van der Waals surface area contributed by atoms with Gasteiger partial charge in [0.05, 0.1) is 10.9 Å². The van der Waals surface area contributed by atoms with E-state index in [0.29, 0.717) is 21.9 Å². The van der Waals surface area contributed by atoms with Gasteiger partial charge in [-0.3, -0.25) is 4.79 Å². The van der Waals surface area contributed by atoms with E-state index in [4.69, 9.17) is 16.1 Å². The molecule has 0 unspecified atom stereocenters. The molecule has 0 atom stereocenters. The Morgan fingerprint density at radius 1 is 1.29 bits per heavy atom. The van der Waals surface area contributed by atoms with Gasteiger partial charge in [-0.25, -0.2) is 0 Å². The van der Waals surface area contributed by atoms with Crippen molar-refractivity contribution in [1.29, 1.82) is 0 Å². The average Bonchev–Trinajstić information content (AvgIpc) is 2.72. The van der Waals surface area contributed by atoms with Gasteiger partial charge >= 0.3 is 0 Å². The van der Waals surface area contributed by atoms with Crippen LogP contribution in [0.5, 0.6) is 0 Å². The van der Waals surface area contributed by atoms with Crippen LogP contribution in [0.3, 0.4) is 0 Å². The quantitative estimate of drug-likeness (QED) is 0.718. The summed E-state index contributed by atoms with van der Waals surface area (Å²) in [6.45, 7) is 0. The number of H-pyrrole nitrogens is 1. The monoisotopic (exact) mass is 246 g/mol. The van der Waals surface area contributed by atoms with Crippen LogP contribution in [0.15, 0.2) is 45.8 Å². The van der Waals surface area contributed by atoms with Crippen LogP contribution in [0, 0.1) is 0 Å². The molecule has 4 nitrogen and oxygen atoms in total. The van der Waals surface area contributed by atoms with Gasteiger partial charge in [-0.1, -0.05) is 16.8 Å². The third kappa shape index (κ3) is 1.62. The summed E-state index contributed by atoms with van der Waals surface area (Å²) in [6.07, 6.45) is 1.57. The number of nitrogens with zero attached hydrogens (tertiary/aromatic N) is 1. The Kier molecular flexibility index (Phi) is 2.23. The lowest BCUT2D eigenvalue weighted by atomic mass is 10.1. The predicted molar refractivity (Wildman–Crippen MR) is 65.1 cm³/mol. The number of halogens is 1. The highest BCUT2D eigenvalue weighted by molar-refractivity contribution is 6.31. The van der Waals surface area contributed by atoms with Crippen molar-refractivity contribution >= 4 is 22.6 Å². The fourth-order valence-corrected chi connectivity index (χ4v) is 1.89. The Labute approximate surface area is 101 Å². The van der Waals surface area contributed by atoms with Gasteiger partial charge in [0, 0.05) is 11.2 Å². The molecule has 0 fully saturated rings. The van der Waals surface area contributed by atoms with Crippen LogP contribution in [0.4, 0.5) is 0 Å². The first kappa shape index (κ1) is 10.1. The minimum Gasteiger partial charge on any atom is -0.356 e. The summed E-state index contributed by atoms with van der Waals surface area (Å²) in [4.78, 5) is 14.3. The molecular weight excluding hydrogens is 240 g/mol. The van der Waals surface area contributed by atoms with Crippen molar-refractivity contribution in [3.05, 3.63) is 51.9 Å². The first-order chi connectivity index (χ1) is 8.25. The molecule has 0 amide bonds. The topological polar surface area (TPSA) is 58.9 Å². The number of aromatic amines is 1. The summed E-state index contributed by atoms with van der Waals surface area (Å²) in [5.74, 6) is 0. The van der Waals surface area contributed by atoms with E-state index in [1.165, 1.54) is 0 Å². The maximum atomic E-state index is 11.7. The maximum Gasteiger partial charge on any atom is 0.257 e. The van der Waals surface area contributed by atoms with Gasteiger partial charge in [0.25, 0.3) is 5.56 Å². The van der Waals surface area contributed by atoms with Crippen LogP contribution in [0.25, 0.3) is 22.2 Å². The second kappa shape index (κ2) is 3.75. The molecule has 5 heteroatoms. The SMILES string of the molecule is O=c1[nH]cccc1-c1noc2ccc(Cl)cc12. The molecule has 17 heavy (non-hydrogen) atoms. The highest BCUT2D eigenvalue weighted by atomic mass is 35.5. The molecule has 2 heterocycles. The second-order valence-corrected chi connectivity index (χ2v) is 4.02. The highest BCUT2D eigenvalue weighted by Gasteiger charge is 2.13. The van der Waals surface area contributed by atoms with E-state index >= 15 is 0 Å². The van der Waals surface area contributed by atoms with Crippen LogP contribution in [-0.4, -0.2) is 10.1 Å². The normalized spacial score (nSPS) is 10.9. The average molecular weight is 247 g/mol. The van der Waals surface area contributed by atoms with Gasteiger partial charge in [-0.15, -0.1) is 0 Å². The standard InChI is InChI=1S/C12H7ClN2O2/c13-7-3-4-10-9(6-7)11(15-17-10)8-2-1-5-14-12(8)16/h1-6H,(H,14,16). The largest absolute Gasteiger partial charge is 0.356 e. The van der Waals surface area contributed by atoms with E-state index in [-0.39, 0.29) is 5.56 Å². The summed E-state index contributed by atoms with van der Waals surface area (Å²) in [5, 5.41) is 5.22. The molecule has 84 valence electrons. The van der Waals surface area contributed by atoms with Crippen LogP contribution < -0.4 is 5.56 Å². The first-order valence-electron chi connectivity index (χ1n) is 4.99. The molecule has 3 rings (SSSR count). The third-order valence-corrected chi connectivity index (χ3v) is 2.74. The zero-order valence-corrected chi connectivity index (χ0v) is 9.36. The Bertz CT molecular complexity index is 745. The van der Waals surface area contributed by atoms with E-state index in [1.807, 2.05) is 0 Å². The molecule has 0 bridgehead atoms. The lowest BCUT2D eigenvalue weighted by Crippen LogP contribution is -2.07. The Balaban J connectivity index is 2.35. The Morgan fingerprint density at radius 3 is 3.00 bits per heavy atom. The van der Waals surface area contributed by atoms with E-state index in [2.05, 4.69) is 10.1 Å². The number of hydrogen-bond donors (Lipinski definition) is 1. The van der Waals surface area contributed by atoms with Crippen molar-refractivity contribution < 1.29 is 4.52 Å². The molecule has 1 N–H and O–H groups in total. The van der Waals surface area contributed by atoms with E-state index in [9.17, 15) is 4.79 Å². The smallest absolute Gasteiger partial charge is 0.257 e. The van der Waals surface area contributed by atoms with Crippen molar-refractivity contribution in [1.82, 2.24) is 10.1 Å². The maximum absolute atomic E-state index is 11.7. The molecular formula is C12H7ClN2O2. The number of aromatic nitrogens is 2. The molecule has 0 saturated heterocycles. The highest BCUT2D eigenvalue weighted by Crippen LogP contribution is 2.27. The van der Waals surface area contributed by atoms with E-state index < -0.39 is 0 Å². The van der Waals surface area contributed by atoms with E-state index in [1.54, 1.807) is 36.5 Å². The van der Waals surface area contributed by atoms with E-state index in [0.717, 1.165) is 5.39 Å². The van der Waals surface area contributed by atoms with Gasteiger partial charge in [0.2, 0.25) is 0 Å². The minimum atomic E-state index is -0.206. The van der Waals surface area contributed by atoms with Gasteiger partial charge in [0.15, 0.2) is 5.58 Å². The minimum absolute atomic E-state index is 0.206. The van der Waals surface area contributed by atoms with Crippen LogP contribution >= 0.6 is 11.6 Å². The summed E-state index contributed by atoms with van der Waals surface area (Å²) in [7, 11) is 0. The number of hydrogen-bond acceptors (Lipinski definition) is 3. The van der Waals surface area contributed by atoms with Crippen molar-refractivity contribution in [2.75, 3.05) is 0 Å². The lowest BCUT2D eigenvalue weighted by Gasteiger charge is -1.95. The molecule has 1 aromatic carbocycles. The predicted octanol–water partition coefficient (Wildman–Crippen LogP) is 2.84. The molecule has 0 aliphatic heterocycles. The number of pyridine rings is 1. The fraction of sp³-hybridized carbons (Fsp3) is 0. The number of benzene rings is 1. The number of rotatable bonds is 1. The van der Waals surface area contributed by atoms with Crippen LogP contribution in [-0.2, 0) is 0 Å². The molecule has 0 saturated carbocycles. The van der Waals surface area contributed by atoms with Crippen molar-refractivity contribution in [2.45, 2.75) is 0 Å². The van der Waals surface area contributed by atoms with Crippen molar-refractivity contribution in [2.24, 2.45) is 0 Å². The molecule has 3 aromatic rings. The third-order valence-electron chi connectivity index (χ3n) is 2.51. The fourth-order valence-electron chi connectivity index (χ4n) is 1.71. The first-order valence-corrected chi connectivity index (χ1v) is 5.36. The van der Waals surface area contributed by atoms with Gasteiger partial charge in [0.1, 0.15) is 5.69 Å². The summed E-state index contributed by atoms with van der Waals surface area (Å²) >= 11 is 5.92. The zero-order valence-electron chi connectivity index (χ0n) is 8.61. The van der Waals surface area contributed by atoms with Crippen LogP contribution in [0.1, 0.15) is 0 Å². The molecule has 0 aliphatic rings. The summed E-state index contributed by atoms with van der Waals surface area (Å²) in [5.41, 5.74) is 1.37. The summed E-state index contributed by atoms with van der Waals surface area (Å²) < 4.78 is 5.15. The second-order valence-electron chi connectivity index (χ2n) is 3.58. The van der Waals surface area contributed by atoms with Crippen LogP contribution in [0.2, 0.25) is 5.02 Å². The summed E-state index contributed by atoms with van der Waals surface area (Å²) in [6, 6.07) is 8.60. The van der Waals surface area contributed by atoms with Gasteiger partial charge in [-0.05, 0) is 30.3 Å².